The summed E-state index contributed by atoms with van der Waals surface area (Å²) in [5.74, 6) is 0.170. The van der Waals surface area contributed by atoms with Gasteiger partial charge in [-0.2, -0.15) is 0 Å². The summed E-state index contributed by atoms with van der Waals surface area (Å²) < 4.78 is 0. The molecule has 0 aromatic rings. The second-order valence-corrected chi connectivity index (χ2v) is 4.88. The fourth-order valence-corrected chi connectivity index (χ4v) is 1.28. The highest BCUT2D eigenvalue weighted by Crippen LogP contribution is 2.21. The Bertz CT molecular complexity index is 204. The summed E-state index contributed by atoms with van der Waals surface area (Å²) in [5, 5.41) is 12.2. The number of nitrogens with one attached hydrogen (secondary N) is 1. The number of alkyl halides is 1. The normalized spacial score (nSPS) is 12.7. The van der Waals surface area contributed by atoms with Crippen molar-refractivity contribution in [3.63, 3.8) is 0 Å². The first-order valence-corrected chi connectivity index (χ1v) is 5.90. The van der Waals surface area contributed by atoms with Crippen molar-refractivity contribution in [2.75, 3.05) is 12.5 Å². The molecule has 0 radical (unpaired) electrons. The molecular formula is C11H22ClNO2. The van der Waals surface area contributed by atoms with Crippen LogP contribution in [0.4, 0.5) is 0 Å². The van der Waals surface area contributed by atoms with Gasteiger partial charge in [0.1, 0.15) is 0 Å². The molecular weight excluding hydrogens is 214 g/mol. The first-order valence-electron chi connectivity index (χ1n) is 5.37. The lowest BCUT2D eigenvalue weighted by atomic mass is 9.89. The molecule has 0 aromatic heterocycles. The molecule has 1 amide bonds. The lowest BCUT2D eigenvalue weighted by Gasteiger charge is -2.34. The average Bonchev–Trinajstić information content (AvgIpc) is 2.25. The molecule has 0 bridgehead atoms. The highest BCUT2D eigenvalue weighted by atomic mass is 35.5. The molecule has 0 atom stereocenters. The van der Waals surface area contributed by atoms with Crippen molar-refractivity contribution in [1.82, 2.24) is 5.32 Å². The van der Waals surface area contributed by atoms with Crippen LogP contribution in [0.15, 0.2) is 0 Å². The number of aliphatic hydroxyl groups is 1. The standard InChI is InChI=1S/C11H22ClNO2/c1-5-11(6-2,8-14)13-9(15)10(3,4)7-12/h14H,5-8H2,1-4H3,(H,13,15). The summed E-state index contributed by atoms with van der Waals surface area (Å²) in [7, 11) is 0. The molecule has 3 nitrogen and oxygen atoms in total. The largest absolute Gasteiger partial charge is 0.394 e. The van der Waals surface area contributed by atoms with Gasteiger partial charge in [-0.05, 0) is 26.7 Å². The van der Waals surface area contributed by atoms with Crippen molar-refractivity contribution in [1.29, 1.82) is 0 Å². The monoisotopic (exact) mass is 235 g/mol. The van der Waals surface area contributed by atoms with Gasteiger partial charge in [0.25, 0.3) is 0 Å². The summed E-state index contributed by atoms with van der Waals surface area (Å²) in [6.07, 6.45) is 1.42. The Morgan fingerprint density at radius 2 is 1.80 bits per heavy atom. The molecule has 0 heterocycles. The number of hydrogen-bond donors (Lipinski definition) is 2. The van der Waals surface area contributed by atoms with Gasteiger partial charge in [0, 0.05) is 5.88 Å². The minimum Gasteiger partial charge on any atom is -0.394 e. The summed E-state index contributed by atoms with van der Waals surface area (Å²) in [5.41, 5.74) is -1.09. The third-order valence-electron chi connectivity index (χ3n) is 2.98. The first kappa shape index (κ1) is 14.7. The van der Waals surface area contributed by atoms with E-state index < -0.39 is 11.0 Å². The molecule has 0 saturated carbocycles. The van der Waals surface area contributed by atoms with Gasteiger partial charge in [-0.1, -0.05) is 13.8 Å². The van der Waals surface area contributed by atoms with E-state index in [1.165, 1.54) is 0 Å². The maximum absolute atomic E-state index is 11.9. The maximum Gasteiger partial charge on any atom is 0.227 e. The Kier molecular flexibility index (Phi) is 5.60. The molecule has 0 aromatic carbocycles. The molecule has 15 heavy (non-hydrogen) atoms. The van der Waals surface area contributed by atoms with Crippen LogP contribution in [0.2, 0.25) is 0 Å². The van der Waals surface area contributed by atoms with Crippen molar-refractivity contribution < 1.29 is 9.90 Å². The van der Waals surface area contributed by atoms with E-state index in [9.17, 15) is 9.90 Å². The van der Waals surface area contributed by atoms with E-state index in [1.54, 1.807) is 13.8 Å². The summed E-state index contributed by atoms with van der Waals surface area (Å²) in [6, 6.07) is 0. The SMILES string of the molecule is CCC(CC)(CO)NC(=O)C(C)(C)CCl. The number of carbonyl (C=O) groups is 1. The lowest BCUT2D eigenvalue weighted by molar-refractivity contribution is -0.131. The van der Waals surface area contributed by atoms with Crippen LogP contribution in [-0.4, -0.2) is 29.0 Å². The van der Waals surface area contributed by atoms with Gasteiger partial charge >= 0.3 is 0 Å². The van der Waals surface area contributed by atoms with Crippen molar-refractivity contribution in [3.05, 3.63) is 0 Å². The van der Waals surface area contributed by atoms with Crippen LogP contribution in [0.5, 0.6) is 0 Å². The van der Waals surface area contributed by atoms with E-state index in [0.717, 1.165) is 0 Å². The van der Waals surface area contributed by atoms with E-state index in [1.807, 2.05) is 13.8 Å². The van der Waals surface area contributed by atoms with Crippen LogP contribution in [0.25, 0.3) is 0 Å². The van der Waals surface area contributed by atoms with Gasteiger partial charge in [-0.25, -0.2) is 0 Å². The topological polar surface area (TPSA) is 49.3 Å². The number of halogens is 1. The van der Waals surface area contributed by atoms with E-state index in [2.05, 4.69) is 5.32 Å². The Balaban J connectivity index is 4.62. The Morgan fingerprint density at radius 3 is 2.07 bits per heavy atom. The summed E-state index contributed by atoms with van der Waals surface area (Å²) in [4.78, 5) is 11.9. The minimum absolute atomic E-state index is 0.0376. The number of aliphatic hydroxyl groups excluding tert-OH is 1. The number of hydrogen-bond acceptors (Lipinski definition) is 2. The van der Waals surface area contributed by atoms with Crippen LogP contribution < -0.4 is 5.32 Å². The zero-order valence-corrected chi connectivity index (χ0v) is 10.8. The second kappa shape index (κ2) is 5.71. The predicted octanol–water partition coefficient (Wildman–Crippen LogP) is 1.92. The van der Waals surface area contributed by atoms with Gasteiger partial charge in [0.05, 0.1) is 17.6 Å². The summed E-state index contributed by atoms with van der Waals surface area (Å²) >= 11 is 5.72. The molecule has 0 unspecified atom stereocenters. The minimum atomic E-state index is -0.591. The number of carbonyl (C=O) groups excluding carboxylic acids is 1. The molecule has 2 N–H and O–H groups in total. The fraction of sp³-hybridized carbons (Fsp3) is 0.909. The van der Waals surface area contributed by atoms with Crippen LogP contribution in [0, 0.1) is 5.41 Å². The first-order chi connectivity index (χ1) is 6.87. The van der Waals surface area contributed by atoms with Gasteiger partial charge in [-0.3, -0.25) is 4.79 Å². The van der Waals surface area contributed by atoms with Gasteiger partial charge < -0.3 is 10.4 Å². The van der Waals surface area contributed by atoms with Crippen molar-refractivity contribution >= 4 is 17.5 Å². The van der Waals surface area contributed by atoms with Crippen molar-refractivity contribution in [3.8, 4) is 0 Å². The Hall–Kier alpha value is -0.280. The third kappa shape index (κ3) is 3.65. The molecule has 0 aliphatic carbocycles. The quantitative estimate of drug-likeness (QED) is 0.691. The third-order valence-corrected chi connectivity index (χ3v) is 3.65. The molecule has 0 aliphatic heterocycles. The smallest absolute Gasteiger partial charge is 0.227 e. The van der Waals surface area contributed by atoms with Gasteiger partial charge in [0.2, 0.25) is 5.91 Å². The molecule has 4 heteroatoms. The van der Waals surface area contributed by atoms with Crippen LogP contribution in [0.3, 0.4) is 0 Å². The lowest BCUT2D eigenvalue weighted by Crippen LogP contribution is -2.54. The molecule has 0 fully saturated rings. The molecule has 0 rings (SSSR count). The van der Waals surface area contributed by atoms with Crippen LogP contribution >= 0.6 is 11.6 Å². The highest BCUT2D eigenvalue weighted by molar-refractivity contribution is 6.19. The number of amides is 1. The number of rotatable bonds is 6. The molecule has 90 valence electrons. The fourth-order valence-electron chi connectivity index (χ4n) is 1.16. The molecule has 0 saturated heterocycles. The Labute approximate surface area is 97.2 Å². The van der Waals surface area contributed by atoms with E-state index in [-0.39, 0.29) is 18.4 Å². The summed E-state index contributed by atoms with van der Waals surface area (Å²) in [6.45, 7) is 7.46. The van der Waals surface area contributed by atoms with Crippen LogP contribution in [0.1, 0.15) is 40.5 Å². The van der Waals surface area contributed by atoms with Gasteiger partial charge in [0.15, 0.2) is 0 Å². The molecule has 0 spiro atoms. The second-order valence-electron chi connectivity index (χ2n) is 4.62. The van der Waals surface area contributed by atoms with E-state index >= 15 is 0 Å². The van der Waals surface area contributed by atoms with E-state index in [0.29, 0.717) is 12.8 Å². The Morgan fingerprint density at radius 1 is 1.33 bits per heavy atom. The maximum atomic E-state index is 11.9. The van der Waals surface area contributed by atoms with Crippen LogP contribution in [-0.2, 0) is 4.79 Å². The zero-order valence-electron chi connectivity index (χ0n) is 10.1. The van der Waals surface area contributed by atoms with Gasteiger partial charge in [-0.15, -0.1) is 11.6 Å². The highest BCUT2D eigenvalue weighted by Gasteiger charge is 2.34. The molecule has 0 aliphatic rings. The zero-order chi connectivity index (χ0) is 12.1. The van der Waals surface area contributed by atoms with E-state index in [4.69, 9.17) is 11.6 Å². The average molecular weight is 236 g/mol. The predicted molar refractivity (Wildman–Crippen MR) is 63.0 cm³/mol. The van der Waals surface area contributed by atoms with Crippen molar-refractivity contribution in [2.45, 2.75) is 46.1 Å². The van der Waals surface area contributed by atoms with Crippen molar-refractivity contribution in [2.24, 2.45) is 5.41 Å².